The number of pyridine rings is 1. The minimum absolute atomic E-state index is 0.166. The molecule has 1 aliphatic heterocycles. The molecule has 4 amide bonds. The van der Waals surface area contributed by atoms with Gasteiger partial charge in [-0.2, -0.15) is 5.10 Å². The lowest BCUT2D eigenvalue weighted by molar-refractivity contribution is -0.156. The average molecular weight is 526 g/mol. The summed E-state index contributed by atoms with van der Waals surface area (Å²) in [6, 6.07) is 3.63. The number of urea groups is 1. The topological polar surface area (TPSA) is 126 Å². The number of amides is 4. The molecule has 0 radical (unpaired) electrons. The predicted octanol–water partition coefficient (Wildman–Crippen LogP) is 2.88. The zero-order valence-corrected chi connectivity index (χ0v) is 21.5. The van der Waals surface area contributed by atoms with E-state index < -0.39 is 47.5 Å². The average Bonchev–Trinajstić information content (AvgIpc) is 3.28. The lowest BCUT2D eigenvalue weighted by atomic mass is 9.81. The first-order valence-electron chi connectivity index (χ1n) is 12.1. The number of benzene rings is 1. The van der Waals surface area contributed by atoms with Crippen molar-refractivity contribution in [2.75, 3.05) is 17.7 Å². The maximum absolute atomic E-state index is 13.8. The predicted molar refractivity (Wildman–Crippen MR) is 136 cm³/mol. The largest absolute Gasteiger partial charge is 0.384 e. The minimum atomic E-state index is -1.12. The van der Waals surface area contributed by atoms with Crippen molar-refractivity contribution in [2.24, 2.45) is 13.0 Å². The van der Waals surface area contributed by atoms with Gasteiger partial charge in [-0.25, -0.2) is 18.6 Å². The number of likely N-dealkylation sites (tertiary alicyclic amines) is 1. The van der Waals surface area contributed by atoms with E-state index in [2.05, 4.69) is 15.4 Å². The van der Waals surface area contributed by atoms with Gasteiger partial charge < -0.3 is 16.0 Å². The summed E-state index contributed by atoms with van der Waals surface area (Å²) in [6.07, 6.45) is 3.59. The van der Waals surface area contributed by atoms with Crippen molar-refractivity contribution < 1.29 is 23.2 Å². The van der Waals surface area contributed by atoms with Gasteiger partial charge in [0, 0.05) is 32.1 Å². The fourth-order valence-electron chi connectivity index (χ4n) is 4.72. The van der Waals surface area contributed by atoms with Crippen molar-refractivity contribution in [3.05, 3.63) is 71.2 Å². The van der Waals surface area contributed by atoms with E-state index in [1.165, 1.54) is 22.8 Å². The second kappa shape index (κ2) is 10.6. The van der Waals surface area contributed by atoms with Crippen LogP contribution in [-0.4, -0.2) is 50.6 Å². The molecule has 200 valence electrons. The Morgan fingerprint density at radius 1 is 1.18 bits per heavy atom. The number of imide groups is 1. The van der Waals surface area contributed by atoms with Crippen molar-refractivity contribution in [2.45, 2.75) is 38.8 Å². The third-order valence-corrected chi connectivity index (χ3v) is 6.58. The first-order chi connectivity index (χ1) is 18.0. The van der Waals surface area contributed by atoms with Gasteiger partial charge in [0.05, 0.1) is 23.8 Å². The van der Waals surface area contributed by atoms with Crippen molar-refractivity contribution in [3.8, 4) is 0 Å². The van der Waals surface area contributed by atoms with E-state index >= 15 is 0 Å². The zero-order valence-electron chi connectivity index (χ0n) is 21.5. The summed E-state index contributed by atoms with van der Waals surface area (Å²) in [6.45, 7) is 3.49. The molecule has 2 aromatic heterocycles. The number of carbonyl (C=O) groups excluding carboxylic acids is 3. The SMILES string of the molecule is CC[C@@H](NC(=O)N1C(=O)[C@H](Cc2cc(C)nc(N)c2)[C@H]1C(=O)N(C)c1cnn(C)c1)c1cc(F)cc(F)c1. The number of rotatable bonds is 7. The first kappa shape index (κ1) is 26.7. The molecule has 4 rings (SSSR count). The van der Waals surface area contributed by atoms with Crippen LogP contribution in [0.5, 0.6) is 0 Å². The van der Waals surface area contributed by atoms with Crippen molar-refractivity contribution in [1.82, 2.24) is 25.0 Å². The number of carbonyl (C=O) groups is 3. The number of nitrogen functional groups attached to an aromatic ring is 1. The third kappa shape index (κ3) is 5.34. The standard InChI is InChI=1S/C26H29F2N7O3/c1-5-21(16-9-17(27)11-18(28)10-16)32-26(38)35-23(25(37)34(4)19-12-30-33(3)13-19)20(24(35)36)7-15-6-14(2)31-22(29)8-15/h6,8-13,20-21,23H,5,7H2,1-4H3,(H2,29,31)(H,32,38)/t20-,21-,23+/m1/s1. The van der Waals surface area contributed by atoms with Crippen LogP contribution in [0.4, 0.5) is 25.1 Å². The van der Waals surface area contributed by atoms with Gasteiger partial charge >= 0.3 is 6.03 Å². The zero-order chi connectivity index (χ0) is 27.7. The number of hydrogen-bond acceptors (Lipinski definition) is 6. The Balaban J connectivity index is 1.62. The molecule has 3 heterocycles. The number of anilines is 2. The van der Waals surface area contributed by atoms with Crippen LogP contribution in [0.1, 0.15) is 36.2 Å². The van der Waals surface area contributed by atoms with Gasteiger partial charge in [0.2, 0.25) is 5.91 Å². The summed E-state index contributed by atoms with van der Waals surface area (Å²) < 4.78 is 29.1. The van der Waals surface area contributed by atoms with E-state index in [9.17, 15) is 23.2 Å². The fraction of sp³-hybridized carbons (Fsp3) is 0.346. The van der Waals surface area contributed by atoms with Crippen LogP contribution < -0.4 is 16.0 Å². The van der Waals surface area contributed by atoms with Crippen molar-refractivity contribution in [3.63, 3.8) is 0 Å². The number of nitrogens with one attached hydrogen (secondary N) is 1. The molecule has 0 unspecified atom stereocenters. The number of hydrogen-bond donors (Lipinski definition) is 2. The molecule has 3 aromatic rings. The number of halogens is 2. The molecule has 0 saturated carbocycles. The van der Waals surface area contributed by atoms with E-state index in [0.717, 1.165) is 23.1 Å². The third-order valence-electron chi connectivity index (χ3n) is 6.58. The maximum atomic E-state index is 13.8. The van der Waals surface area contributed by atoms with Crippen LogP contribution in [0, 0.1) is 24.5 Å². The lowest BCUT2D eigenvalue weighted by Gasteiger charge is -2.46. The van der Waals surface area contributed by atoms with E-state index in [-0.39, 0.29) is 17.8 Å². The number of nitrogens with two attached hydrogens (primary N) is 1. The molecule has 1 aromatic carbocycles. The van der Waals surface area contributed by atoms with Crippen LogP contribution >= 0.6 is 0 Å². The summed E-state index contributed by atoms with van der Waals surface area (Å²) in [5, 5.41) is 6.73. The van der Waals surface area contributed by atoms with Gasteiger partial charge in [0.15, 0.2) is 0 Å². The number of aryl methyl sites for hydroxylation is 2. The number of β-lactam (4-membered cyclic amide) rings is 1. The minimum Gasteiger partial charge on any atom is -0.384 e. The molecule has 38 heavy (non-hydrogen) atoms. The van der Waals surface area contributed by atoms with Crippen molar-refractivity contribution >= 4 is 29.4 Å². The molecule has 0 spiro atoms. The van der Waals surface area contributed by atoms with E-state index in [0.29, 0.717) is 23.4 Å². The van der Waals surface area contributed by atoms with Gasteiger partial charge in [-0.15, -0.1) is 0 Å². The quantitative estimate of drug-likeness (QED) is 0.457. The molecule has 0 bridgehead atoms. The van der Waals surface area contributed by atoms with Crippen LogP contribution in [-0.2, 0) is 23.1 Å². The van der Waals surface area contributed by atoms with Crippen LogP contribution in [0.25, 0.3) is 0 Å². The van der Waals surface area contributed by atoms with E-state index in [4.69, 9.17) is 5.73 Å². The lowest BCUT2D eigenvalue weighted by Crippen LogP contribution is -2.70. The summed E-state index contributed by atoms with van der Waals surface area (Å²) in [7, 11) is 3.24. The summed E-state index contributed by atoms with van der Waals surface area (Å²) in [4.78, 5) is 46.6. The van der Waals surface area contributed by atoms with Gasteiger partial charge in [-0.3, -0.25) is 19.2 Å². The Morgan fingerprint density at radius 3 is 2.45 bits per heavy atom. The Hall–Kier alpha value is -4.35. The second-order valence-electron chi connectivity index (χ2n) is 9.39. The summed E-state index contributed by atoms with van der Waals surface area (Å²) >= 11 is 0. The van der Waals surface area contributed by atoms with Gasteiger partial charge in [0.25, 0.3) is 5.91 Å². The Kier molecular flexibility index (Phi) is 7.42. The molecule has 12 heteroatoms. The number of aromatic nitrogens is 3. The Morgan fingerprint density at radius 2 is 1.87 bits per heavy atom. The highest BCUT2D eigenvalue weighted by Crippen LogP contribution is 2.33. The van der Waals surface area contributed by atoms with Crippen LogP contribution in [0.15, 0.2) is 42.7 Å². The Bertz CT molecular complexity index is 1350. The molecule has 1 saturated heterocycles. The molecular weight excluding hydrogens is 496 g/mol. The molecular formula is C26H29F2N7O3. The molecule has 3 atom stereocenters. The molecule has 1 aliphatic rings. The highest BCUT2D eigenvalue weighted by molar-refractivity contribution is 6.12. The molecule has 3 N–H and O–H groups in total. The van der Waals surface area contributed by atoms with Gasteiger partial charge in [-0.05, 0) is 55.2 Å². The van der Waals surface area contributed by atoms with Crippen LogP contribution in [0.2, 0.25) is 0 Å². The highest BCUT2D eigenvalue weighted by Gasteiger charge is 2.55. The van der Waals surface area contributed by atoms with Crippen molar-refractivity contribution in [1.29, 1.82) is 0 Å². The number of likely N-dealkylation sites (N-methyl/N-ethyl adjacent to an activating group) is 1. The second-order valence-corrected chi connectivity index (χ2v) is 9.39. The fourth-order valence-corrected chi connectivity index (χ4v) is 4.72. The van der Waals surface area contributed by atoms with Gasteiger partial charge in [-0.1, -0.05) is 6.92 Å². The number of nitrogens with zero attached hydrogens (tertiary/aromatic N) is 5. The summed E-state index contributed by atoms with van der Waals surface area (Å²) in [5.74, 6) is -3.16. The van der Waals surface area contributed by atoms with E-state index in [1.54, 1.807) is 39.2 Å². The molecule has 10 nitrogen and oxygen atoms in total. The Labute approximate surface area is 218 Å². The first-order valence-corrected chi connectivity index (χ1v) is 12.1. The normalized spacial score (nSPS) is 17.6. The van der Waals surface area contributed by atoms with E-state index in [1.807, 2.05) is 0 Å². The molecule has 1 fully saturated rings. The smallest absolute Gasteiger partial charge is 0.325 e. The maximum Gasteiger partial charge on any atom is 0.325 e. The molecule has 0 aliphatic carbocycles. The summed E-state index contributed by atoms with van der Waals surface area (Å²) in [5.41, 5.74) is 7.92. The van der Waals surface area contributed by atoms with Gasteiger partial charge in [0.1, 0.15) is 23.5 Å². The monoisotopic (exact) mass is 525 g/mol. The van der Waals surface area contributed by atoms with Crippen LogP contribution in [0.3, 0.4) is 0 Å². The highest BCUT2D eigenvalue weighted by atomic mass is 19.1.